The highest BCUT2D eigenvalue weighted by atomic mass is 16.5. The molecule has 0 aromatic heterocycles. The molecule has 0 saturated heterocycles. The van der Waals surface area contributed by atoms with Crippen LogP contribution < -0.4 is 5.32 Å². The SMILES string of the molecule is C=CCOC(=O)CN(CCCCC)C(=O)[C@H](C)NC(=O)OCC1c2ccccc2-c2ccccc21. The van der Waals surface area contributed by atoms with Crippen LogP contribution in [0.3, 0.4) is 0 Å². The van der Waals surface area contributed by atoms with E-state index in [0.717, 1.165) is 41.5 Å². The molecule has 1 aliphatic carbocycles. The molecule has 0 unspecified atom stereocenters. The van der Waals surface area contributed by atoms with Gasteiger partial charge < -0.3 is 19.7 Å². The van der Waals surface area contributed by atoms with E-state index in [2.05, 4.69) is 31.0 Å². The van der Waals surface area contributed by atoms with Crippen LogP contribution >= 0.6 is 0 Å². The lowest BCUT2D eigenvalue weighted by Gasteiger charge is -2.25. The van der Waals surface area contributed by atoms with Gasteiger partial charge in [0.25, 0.3) is 0 Å². The fourth-order valence-electron chi connectivity index (χ4n) is 4.33. The van der Waals surface area contributed by atoms with E-state index in [4.69, 9.17) is 9.47 Å². The Labute approximate surface area is 207 Å². The Kier molecular flexibility index (Phi) is 9.47. The number of unbranched alkanes of at least 4 members (excludes halogenated alkanes) is 2. The van der Waals surface area contributed by atoms with Gasteiger partial charge in [-0.1, -0.05) is 81.0 Å². The molecule has 0 aliphatic heterocycles. The molecule has 2 aromatic rings. The second-order valence-corrected chi connectivity index (χ2v) is 8.63. The number of nitrogens with one attached hydrogen (secondary N) is 1. The van der Waals surface area contributed by atoms with Crippen LogP contribution in [-0.2, 0) is 19.1 Å². The van der Waals surface area contributed by atoms with Crippen LogP contribution in [0.25, 0.3) is 11.1 Å². The largest absolute Gasteiger partial charge is 0.460 e. The second-order valence-electron chi connectivity index (χ2n) is 8.63. The third-order valence-corrected chi connectivity index (χ3v) is 6.07. The van der Waals surface area contributed by atoms with Crippen molar-refractivity contribution in [2.24, 2.45) is 0 Å². The molecule has 0 bridgehead atoms. The van der Waals surface area contributed by atoms with Crippen molar-refractivity contribution in [2.75, 3.05) is 26.3 Å². The molecule has 3 rings (SSSR count). The van der Waals surface area contributed by atoms with Crippen molar-refractivity contribution in [1.82, 2.24) is 10.2 Å². The van der Waals surface area contributed by atoms with E-state index in [-0.39, 0.29) is 31.6 Å². The van der Waals surface area contributed by atoms with Crippen molar-refractivity contribution >= 4 is 18.0 Å². The highest BCUT2D eigenvalue weighted by Gasteiger charge is 2.30. The number of carbonyl (C=O) groups is 3. The van der Waals surface area contributed by atoms with Crippen LogP contribution in [0.4, 0.5) is 4.79 Å². The van der Waals surface area contributed by atoms with Crippen LogP contribution in [0.1, 0.15) is 50.2 Å². The van der Waals surface area contributed by atoms with E-state index in [1.165, 1.54) is 11.0 Å². The Balaban J connectivity index is 1.58. The van der Waals surface area contributed by atoms with Gasteiger partial charge in [0.1, 0.15) is 25.8 Å². The van der Waals surface area contributed by atoms with Gasteiger partial charge in [-0.3, -0.25) is 9.59 Å². The number of hydrogen-bond donors (Lipinski definition) is 1. The molecule has 7 nitrogen and oxygen atoms in total. The molecule has 0 radical (unpaired) electrons. The number of nitrogens with zero attached hydrogens (tertiary/aromatic N) is 1. The van der Waals surface area contributed by atoms with Gasteiger partial charge in [0.2, 0.25) is 5.91 Å². The summed E-state index contributed by atoms with van der Waals surface area (Å²) in [5, 5.41) is 2.62. The maximum Gasteiger partial charge on any atom is 0.407 e. The Morgan fingerprint density at radius 3 is 2.26 bits per heavy atom. The van der Waals surface area contributed by atoms with E-state index in [1.54, 1.807) is 6.92 Å². The highest BCUT2D eigenvalue weighted by molar-refractivity contribution is 5.88. The smallest absolute Gasteiger partial charge is 0.407 e. The predicted molar refractivity (Wildman–Crippen MR) is 135 cm³/mol. The Morgan fingerprint density at radius 2 is 1.66 bits per heavy atom. The highest BCUT2D eigenvalue weighted by Crippen LogP contribution is 2.44. The van der Waals surface area contributed by atoms with Crippen molar-refractivity contribution < 1.29 is 23.9 Å². The van der Waals surface area contributed by atoms with Gasteiger partial charge >= 0.3 is 12.1 Å². The summed E-state index contributed by atoms with van der Waals surface area (Å²) in [6.45, 7) is 7.65. The minimum absolute atomic E-state index is 0.0654. The predicted octanol–water partition coefficient (Wildman–Crippen LogP) is 4.66. The van der Waals surface area contributed by atoms with E-state index in [9.17, 15) is 14.4 Å². The molecule has 1 aliphatic rings. The maximum absolute atomic E-state index is 13.0. The normalized spacial score (nSPS) is 12.7. The summed E-state index contributed by atoms with van der Waals surface area (Å²) in [4.78, 5) is 39.1. The number of alkyl carbamates (subject to hydrolysis) is 1. The van der Waals surface area contributed by atoms with Crippen molar-refractivity contribution in [2.45, 2.75) is 45.1 Å². The first-order valence-electron chi connectivity index (χ1n) is 12.1. The summed E-state index contributed by atoms with van der Waals surface area (Å²) < 4.78 is 10.6. The van der Waals surface area contributed by atoms with Gasteiger partial charge in [-0.25, -0.2) is 4.79 Å². The monoisotopic (exact) mass is 478 g/mol. The topological polar surface area (TPSA) is 84.9 Å². The Bertz CT molecular complexity index is 1010. The minimum Gasteiger partial charge on any atom is -0.460 e. The molecule has 2 aromatic carbocycles. The average Bonchev–Trinajstić information content (AvgIpc) is 3.19. The first-order valence-corrected chi connectivity index (χ1v) is 12.1. The molecular formula is C28H34N2O5. The fraction of sp³-hybridized carbons (Fsp3) is 0.393. The Hall–Kier alpha value is -3.61. The quantitative estimate of drug-likeness (QED) is 0.272. The van der Waals surface area contributed by atoms with Crippen molar-refractivity contribution in [3.05, 3.63) is 72.3 Å². The van der Waals surface area contributed by atoms with E-state index < -0.39 is 18.1 Å². The van der Waals surface area contributed by atoms with E-state index in [0.29, 0.717) is 6.54 Å². The standard InChI is InChI=1S/C28H34N2O5/c1-4-6-11-16-30(18-26(31)34-17-5-2)27(32)20(3)29-28(33)35-19-25-23-14-9-7-12-21(23)22-13-8-10-15-24(22)25/h5,7-10,12-15,20,25H,2,4,6,11,16-19H2,1,3H3,(H,29,33)/t20-/m0/s1. The van der Waals surface area contributed by atoms with Gasteiger partial charge in [-0.05, 0) is 35.6 Å². The zero-order valence-corrected chi connectivity index (χ0v) is 20.5. The number of hydrogen-bond acceptors (Lipinski definition) is 5. The van der Waals surface area contributed by atoms with Crippen molar-refractivity contribution in [3.63, 3.8) is 0 Å². The van der Waals surface area contributed by atoms with Crippen molar-refractivity contribution in [3.8, 4) is 11.1 Å². The average molecular weight is 479 g/mol. The molecule has 0 heterocycles. The van der Waals surface area contributed by atoms with Crippen LogP contribution in [0, 0.1) is 0 Å². The maximum atomic E-state index is 13.0. The van der Waals surface area contributed by atoms with Gasteiger partial charge in [0.05, 0.1) is 0 Å². The number of esters is 1. The van der Waals surface area contributed by atoms with Gasteiger partial charge in [-0.2, -0.15) is 0 Å². The third-order valence-electron chi connectivity index (χ3n) is 6.07. The molecule has 0 fully saturated rings. The number of benzene rings is 2. The number of amides is 2. The zero-order chi connectivity index (χ0) is 25.2. The van der Waals surface area contributed by atoms with Crippen LogP contribution in [0.15, 0.2) is 61.2 Å². The van der Waals surface area contributed by atoms with E-state index >= 15 is 0 Å². The molecule has 0 spiro atoms. The summed E-state index contributed by atoms with van der Waals surface area (Å²) in [6.07, 6.45) is 3.48. The lowest BCUT2D eigenvalue weighted by atomic mass is 9.98. The number of ether oxygens (including phenoxy) is 2. The third kappa shape index (κ3) is 6.72. The molecule has 0 saturated carbocycles. The Morgan fingerprint density at radius 1 is 1.03 bits per heavy atom. The van der Waals surface area contributed by atoms with Gasteiger partial charge in [-0.15, -0.1) is 0 Å². The molecule has 1 N–H and O–H groups in total. The first-order chi connectivity index (χ1) is 17.0. The summed E-state index contributed by atoms with van der Waals surface area (Å²) >= 11 is 0. The lowest BCUT2D eigenvalue weighted by Crippen LogP contribution is -2.49. The van der Waals surface area contributed by atoms with Crippen LogP contribution in [0.2, 0.25) is 0 Å². The molecule has 186 valence electrons. The summed E-state index contributed by atoms with van der Waals surface area (Å²) in [5.41, 5.74) is 4.52. The molecule has 35 heavy (non-hydrogen) atoms. The molecular weight excluding hydrogens is 444 g/mol. The van der Waals surface area contributed by atoms with Gasteiger partial charge in [0, 0.05) is 12.5 Å². The lowest BCUT2D eigenvalue weighted by molar-refractivity contribution is -0.148. The van der Waals surface area contributed by atoms with E-state index in [1.807, 2.05) is 36.4 Å². The number of rotatable bonds is 12. The summed E-state index contributed by atoms with van der Waals surface area (Å²) in [5.74, 6) is -0.933. The molecule has 1 atom stereocenters. The second kappa shape index (κ2) is 12.7. The van der Waals surface area contributed by atoms with Gasteiger partial charge in [0.15, 0.2) is 0 Å². The summed E-state index contributed by atoms with van der Waals surface area (Å²) in [7, 11) is 0. The summed E-state index contributed by atoms with van der Waals surface area (Å²) in [6, 6.07) is 15.3. The molecule has 2 amide bonds. The number of carbonyl (C=O) groups excluding carboxylic acids is 3. The number of fused-ring (bicyclic) bond motifs is 3. The molecule has 7 heteroatoms. The fourth-order valence-corrected chi connectivity index (χ4v) is 4.33. The van der Waals surface area contributed by atoms with Crippen molar-refractivity contribution in [1.29, 1.82) is 0 Å². The van der Waals surface area contributed by atoms with Crippen LogP contribution in [0.5, 0.6) is 0 Å². The zero-order valence-electron chi connectivity index (χ0n) is 20.5. The first kappa shape index (κ1) is 26.0. The minimum atomic E-state index is -0.848. The van der Waals surface area contributed by atoms with Crippen LogP contribution in [-0.4, -0.2) is 55.2 Å².